The largest absolute Gasteiger partial charge is 0.468 e. The molecule has 0 amide bonds. The molecule has 4 heteroatoms. The molecule has 63 heavy (non-hydrogen) atoms. The molecule has 0 spiro atoms. The highest BCUT2D eigenvalue weighted by Gasteiger charge is 2.44. The van der Waals surface area contributed by atoms with Crippen molar-refractivity contribution in [2.45, 2.75) is 96.8 Å². The van der Waals surface area contributed by atoms with E-state index in [1.165, 1.54) is 73.4 Å². The summed E-state index contributed by atoms with van der Waals surface area (Å²) in [6.45, 7) is 21.2. The Balaban J connectivity index is 1.20. The van der Waals surface area contributed by atoms with Crippen LogP contribution in [0, 0.1) is 0 Å². The lowest BCUT2D eigenvalue weighted by Crippen LogP contribution is -2.57. The van der Waals surface area contributed by atoms with E-state index < -0.39 is 0 Å². The highest BCUT2D eigenvalue weighted by molar-refractivity contribution is 6.97. The highest BCUT2D eigenvalue weighted by atomic mass is 16.3. The van der Waals surface area contributed by atoms with Crippen molar-refractivity contribution in [3.63, 3.8) is 0 Å². The van der Waals surface area contributed by atoms with Crippen LogP contribution in [0.3, 0.4) is 0 Å². The molecule has 7 aromatic carbocycles. The Labute approximate surface area is 374 Å². The average molecular weight is 821 g/mol. The van der Waals surface area contributed by atoms with Crippen LogP contribution in [-0.2, 0) is 21.7 Å². The fourth-order valence-corrected chi connectivity index (χ4v) is 11.1. The molecule has 3 heterocycles. The van der Waals surface area contributed by atoms with E-state index in [-0.39, 0.29) is 28.4 Å². The van der Waals surface area contributed by atoms with Gasteiger partial charge in [-0.15, -0.1) is 0 Å². The Kier molecular flexibility index (Phi) is 8.72. The van der Waals surface area contributed by atoms with Crippen molar-refractivity contribution in [3.8, 4) is 11.1 Å². The number of nitrogens with zero attached hydrogens (tertiary/aromatic N) is 2. The van der Waals surface area contributed by atoms with Crippen LogP contribution in [0.4, 0.5) is 34.1 Å². The summed E-state index contributed by atoms with van der Waals surface area (Å²) in [6, 6.07) is 59.2. The fourth-order valence-electron chi connectivity index (χ4n) is 11.1. The molecule has 8 aromatic rings. The summed E-state index contributed by atoms with van der Waals surface area (Å²) in [7, 11) is 0. The molecular weight excluding hydrogens is 763 g/mol. The number of fused-ring (bicyclic) bond motifs is 7. The number of rotatable bonds is 4. The van der Waals surface area contributed by atoms with Gasteiger partial charge >= 0.3 is 0 Å². The zero-order valence-electron chi connectivity index (χ0n) is 38.3. The van der Waals surface area contributed by atoms with Crippen molar-refractivity contribution in [2.24, 2.45) is 0 Å². The Morgan fingerprint density at radius 3 is 1.78 bits per heavy atom. The number of hydrogen-bond acceptors (Lipinski definition) is 3. The Hall–Kier alpha value is -6.26. The van der Waals surface area contributed by atoms with Crippen LogP contribution < -0.4 is 26.4 Å². The molecule has 0 unspecified atom stereocenters. The van der Waals surface area contributed by atoms with E-state index in [1.54, 1.807) is 0 Å². The van der Waals surface area contributed by atoms with Crippen LogP contribution in [0.5, 0.6) is 0 Å². The second-order valence-electron chi connectivity index (χ2n) is 21.3. The molecule has 0 saturated heterocycles. The second kappa shape index (κ2) is 13.9. The van der Waals surface area contributed by atoms with Gasteiger partial charge in [0.1, 0.15) is 5.58 Å². The molecule has 0 N–H and O–H groups in total. The van der Waals surface area contributed by atoms with Gasteiger partial charge in [0.15, 0.2) is 0 Å². The van der Waals surface area contributed by atoms with E-state index in [4.69, 9.17) is 4.42 Å². The summed E-state index contributed by atoms with van der Waals surface area (Å²) >= 11 is 0. The molecule has 3 nitrogen and oxygen atoms in total. The molecule has 1 aromatic heterocycles. The first-order chi connectivity index (χ1) is 30.1. The normalized spacial score (nSPS) is 16.8. The number of hydrogen-bond donors (Lipinski definition) is 0. The molecule has 0 bridgehead atoms. The van der Waals surface area contributed by atoms with Crippen molar-refractivity contribution in [3.05, 3.63) is 186 Å². The summed E-state index contributed by atoms with van der Waals surface area (Å²) in [4.78, 5) is 5.00. The number of anilines is 6. The third kappa shape index (κ3) is 6.15. The van der Waals surface area contributed by atoms with E-state index in [0.29, 0.717) is 0 Å². The Morgan fingerprint density at radius 1 is 0.508 bits per heavy atom. The monoisotopic (exact) mass is 820 g/mol. The van der Waals surface area contributed by atoms with E-state index in [9.17, 15) is 0 Å². The molecule has 3 aliphatic rings. The van der Waals surface area contributed by atoms with Crippen LogP contribution in [0.25, 0.3) is 22.1 Å². The van der Waals surface area contributed by atoms with Gasteiger partial charge in [0, 0.05) is 27.9 Å². The van der Waals surface area contributed by atoms with Gasteiger partial charge in [0.2, 0.25) is 0 Å². The van der Waals surface area contributed by atoms with Crippen molar-refractivity contribution < 1.29 is 4.42 Å². The maximum Gasteiger partial charge on any atom is 0.292 e. The van der Waals surface area contributed by atoms with Crippen LogP contribution in [0.1, 0.15) is 103 Å². The minimum atomic E-state index is -0.153. The van der Waals surface area contributed by atoms with Gasteiger partial charge in [-0.3, -0.25) is 0 Å². The van der Waals surface area contributed by atoms with Crippen LogP contribution in [0.2, 0.25) is 0 Å². The zero-order valence-corrected chi connectivity index (χ0v) is 38.3. The number of benzene rings is 7. The van der Waals surface area contributed by atoms with Crippen molar-refractivity contribution >= 4 is 68.4 Å². The van der Waals surface area contributed by atoms with Gasteiger partial charge in [0.25, 0.3) is 6.71 Å². The number of para-hydroxylation sites is 2. The van der Waals surface area contributed by atoms with E-state index in [1.807, 2.05) is 0 Å². The lowest BCUT2D eigenvalue weighted by atomic mass is 9.37. The average Bonchev–Trinajstić information content (AvgIpc) is 3.65. The van der Waals surface area contributed by atoms with Crippen molar-refractivity contribution in [1.29, 1.82) is 0 Å². The SMILES string of the molecule is CC(C)(C)c1ccc2oc3c(c2c1)N(c1ccc(-c2ccccc2)cc1)c1cc(N2c4ccccc4C(C)(C)c4ccccc42)ccc1B3c1ccc2c(c1)C(C)(C)CCC2(C)C. The van der Waals surface area contributed by atoms with E-state index >= 15 is 0 Å². The van der Waals surface area contributed by atoms with Crippen LogP contribution in [0.15, 0.2) is 162 Å². The first-order valence-electron chi connectivity index (χ1n) is 22.9. The molecule has 0 saturated carbocycles. The van der Waals surface area contributed by atoms with Crippen molar-refractivity contribution in [2.75, 3.05) is 9.80 Å². The minimum Gasteiger partial charge on any atom is -0.468 e. The van der Waals surface area contributed by atoms with E-state index in [0.717, 1.165) is 40.1 Å². The molecule has 0 fully saturated rings. The first-order valence-corrected chi connectivity index (χ1v) is 22.9. The maximum atomic E-state index is 7.27. The van der Waals surface area contributed by atoms with Gasteiger partial charge in [-0.05, 0) is 122 Å². The maximum absolute atomic E-state index is 7.27. The van der Waals surface area contributed by atoms with Gasteiger partial charge in [0.05, 0.1) is 22.7 Å². The standard InChI is InChI=1S/C59H57BN2O/c1-56(2,3)40-25-32-53-44(35-40)54-55(63-53)60(41-26-30-45-48(36-41)58(6,7)34-33-57(45,4)5)49-31-29-43(37-52(49)62(54)42-27-23-39(24-28-42)38-17-11-10-12-18-38)61-50-21-15-13-19-46(50)59(8,9)47-20-14-16-22-51(47)61/h10-32,35-37H,33-34H2,1-9H3. The first kappa shape index (κ1) is 39.6. The lowest BCUT2D eigenvalue weighted by Gasteiger charge is -2.43. The molecule has 1 aliphatic carbocycles. The van der Waals surface area contributed by atoms with E-state index in [2.05, 4.69) is 230 Å². The van der Waals surface area contributed by atoms with Crippen LogP contribution >= 0.6 is 0 Å². The molecule has 2 aliphatic heterocycles. The number of furan rings is 1. The van der Waals surface area contributed by atoms with Gasteiger partial charge in [-0.25, -0.2) is 0 Å². The third-order valence-corrected chi connectivity index (χ3v) is 14.9. The Morgan fingerprint density at radius 2 is 1.11 bits per heavy atom. The predicted octanol–water partition coefficient (Wildman–Crippen LogP) is 14.2. The van der Waals surface area contributed by atoms with Gasteiger partial charge in [-0.1, -0.05) is 177 Å². The smallest absolute Gasteiger partial charge is 0.292 e. The highest BCUT2D eigenvalue weighted by Crippen LogP contribution is 2.53. The topological polar surface area (TPSA) is 19.6 Å². The second-order valence-corrected chi connectivity index (χ2v) is 21.3. The lowest BCUT2D eigenvalue weighted by molar-refractivity contribution is 0.332. The molecule has 0 atom stereocenters. The molecule has 312 valence electrons. The summed E-state index contributed by atoms with van der Waals surface area (Å²) in [5.74, 6) is 0. The molecule has 0 radical (unpaired) electrons. The summed E-state index contributed by atoms with van der Waals surface area (Å²) in [6.07, 6.45) is 2.35. The van der Waals surface area contributed by atoms with Crippen molar-refractivity contribution in [1.82, 2.24) is 0 Å². The molecular formula is C59H57BN2O. The molecule has 11 rings (SSSR count). The zero-order chi connectivity index (χ0) is 43.6. The Bertz CT molecular complexity index is 3040. The summed E-state index contributed by atoms with van der Waals surface area (Å²) in [5, 5.41) is 1.14. The fraction of sp³-hybridized carbons (Fsp3) is 0.254. The van der Waals surface area contributed by atoms with Crippen LogP contribution in [-0.4, -0.2) is 6.71 Å². The summed E-state index contributed by atoms with van der Waals surface area (Å²) < 4.78 is 7.27. The predicted molar refractivity (Wildman–Crippen MR) is 268 cm³/mol. The summed E-state index contributed by atoms with van der Waals surface area (Å²) in [5.41, 5.74) is 20.6. The van der Waals surface area contributed by atoms with Gasteiger partial charge in [-0.2, -0.15) is 0 Å². The quantitative estimate of drug-likeness (QED) is 0.165. The third-order valence-electron chi connectivity index (χ3n) is 14.9. The van der Waals surface area contributed by atoms with Gasteiger partial charge < -0.3 is 14.2 Å². The minimum absolute atomic E-state index is 0.0423.